The summed E-state index contributed by atoms with van der Waals surface area (Å²) < 4.78 is 0. The van der Waals surface area contributed by atoms with Crippen LogP contribution in [0.15, 0.2) is 66.1 Å². The fraction of sp³-hybridized carbons (Fsp3) is 0.217. The van der Waals surface area contributed by atoms with E-state index in [1.165, 1.54) is 6.33 Å². The quantitative estimate of drug-likeness (QED) is 0.471. The topological polar surface area (TPSA) is 107 Å². The van der Waals surface area contributed by atoms with Gasteiger partial charge in [-0.2, -0.15) is 0 Å². The van der Waals surface area contributed by atoms with Crippen LogP contribution in [0.3, 0.4) is 0 Å². The number of hydrogen-bond donors (Lipinski definition) is 3. The second-order valence-corrected chi connectivity index (χ2v) is 7.64. The number of benzene rings is 1. The van der Waals surface area contributed by atoms with E-state index >= 15 is 0 Å². The highest BCUT2D eigenvalue weighted by atomic mass is 16.3. The maximum Gasteiger partial charge on any atom is 0.259 e. The summed E-state index contributed by atoms with van der Waals surface area (Å²) >= 11 is 0. The van der Waals surface area contributed by atoms with Gasteiger partial charge in [0.25, 0.3) is 5.56 Å². The maximum absolute atomic E-state index is 12.5. The summed E-state index contributed by atoms with van der Waals surface area (Å²) in [5, 5.41) is 14.3. The smallest absolute Gasteiger partial charge is 0.259 e. The number of aromatic amines is 1. The lowest BCUT2D eigenvalue weighted by atomic mass is 10.1. The van der Waals surface area contributed by atoms with Crippen LogP contribution in [0.5, 0.6) is 0 Å². The number of nitrogens with one attached hydrogen (secondary N) is 2. The summed E-state index contributed by atoms with van der Waals surface area (Å²) in [4.78, 5) is 30.4. The van der Waals surface area contributed by atoms with Crippen molar-refractivity contribution < 1.29 is 5.11 Å². The highest BCUT2D eigenvalue weighted by Crippen LogP contribution is 2.28. The van der Waals surface area contributed by atoms with E-state index in [0.29, 0.717) is 16.9 Å². The van der Waals surface area contributed by atoms with Gasteiger partial charge in [0.2, 0.25) is 0 Å². The SMILES string of the molecule is O=c1[nH]ccc2cc(-c3cncnc3)nc(Nc3ccc(N4CCC(O)CC4)cc3)c12. The molecule has 1 aliphatic rings. The Balaban J connectivity index is 1.49. The molecule has 4 aromatic rings. The summed E-state index contributed by atoms with van der Waals surface area (Å²) in [6, 6.07) is 11.8. The van der Waals surface area contributed by atoms with Crippen molar-refractivity contribution in [2.45, 2.75) is 18.9 Å². The average Bonchev–Trinajstić information content (AvgIpc) is 2.81. The number of pyridine rings is 2. The third-order valence-corrected chi connectivity index (χ3v) is 5.57. The van der Waals surface area contributed by atoms with E-state index in [4.69, 9.17) is 4.98 Å². The summed E-state index contributed by atoms with van der Waals surface area (Å²) in [5.74, 6) is 0.479. The molecule has 1 aromatic carbocycles. The van der Waals surface area contributed by atoms with E-state index in [1.54, 1.807) is 18.6 Å². The van der Waals surface area contributed by atoms with E-state index in [9.17, 15) is 9.90 Å². The number of rotatable bonds is 4. The minimum Gasteiger partial charge on any atom is -0.393 e. The van der Waals surface area contributed by atoms with Gasteiger partial charge >= 0.3 is 0 Å². The molecule has 4 heterocycles. The monoisotopic (exact) mass is 414 g/mol. The number of piperidine rings is 1. The van der Waals surface area contributed by atoms with Crippen LogP contribution in [0.1, 0.15) is 12.8 Å². The molecule has 0 bridgehead atoms. The molecule has 0 saturated carbocycles. The van der Waals surface area contributed by atoms with E-state index in [0.717, 1.165) is 48.3 Å². The molecule has 0 radical (unpaired) electrons. The first kappa shape index (κ1) is 19.2. The van der Waals surface area contributed by atoms with Crippen LogP contribution in [0.4, 0.5) is 17.2 Å². The molecule has 3 aromatic heterocycles. The van der Waals surface area contributed by atoms with Crippen LogP contribution >= 0.6 is 0 Å². The molecular formula is C23H22N6O2. The van der Waals surface area contributed by atoms with Gasteiger partial charge in [0.05, 0.1) is 17.2 Å². The van der Waals surface area contributed by atoms with Crippen molar-refractivity contribution in [3.63, 3.8) is 0 Å². The van der Waals surface area contributed by atoms with Crippen LogP contribution < -0.4 is 15.8 Å². The number of hydrogen-bond acceptors (Lipinski definition) is 7. The summed E-state index contributed by atoms with van der Waals surface area (Å²) in [7, 11) is 0. The predicted molar refractivity (Wildman–Crippen MR) is 121 cm³/mol. The maximum atomic E-state index is 12.5. The normalized spacial score (nSPS) is 14.7. The standard InChI is InChI=1S/C23H22N6O2/c30-19-6-9-29(10-7-19)18-3-1-17(2-4-18)27-22-21-15(5-8-26-23(21)31)11-20(28-22)16-12-24-14-25-13-16/h1-5,8,11-14,19,30H,6-7,9-10H2,(H,26,31)(H,27,28). The molecule has 1 aliphatic heterocycles. The van der Waals surface area contributed by atoms with Crippen LogP contribution in [0, 0.1) is 0 Å². The van der Waals surface area contributed by atoms with Crippen LogP contribution in [0.25, 0.3) is 22.0 Å². The number of H-pyrrole nitrogens is 1. The summed E-state index contributed by atoms with van der Waals surface area (Å²) in [6.45, 7) is 1.69. The number of nitrogens with zero attached hydrogens (tertiary/aromatic N) is 4. The van der Waals surface area contributed by atoms with Gasteiger partial charge in [-0.05, 0) is 54.6 Å². The molecule has 1 saturated heterocycles. The Kier molecular flexibility index (Phi) is 5.05. The van der Waals surface area contributed by atoms with Gasteiger partial charge in [-0.3, -0.25) is 4.79 Å². The largest absolute Gasteiger partial charge is 0.393 e. The molecule has 5 rings (SSSR count). The highest BCUT2D eigenvalue weighted by Gasteiger charge is 2.17. The molecule has 8 nitrogen and oxygen atoms in total. The van der Waals surface area contributed by atoms with Crippen molar-refractivity contribution >= 4 is 28.0 Å². The Bertz CT molecular complexity index is 1250. The predicted octanol–water partition coefficient (Wildman–Crippen LogP) is 3.08. The molecule has 3 N–H and O–H groups in total. The Morgan fingerprint density at radius 2 is 1.81 bits per heavy atom. The van der Waals surface area contributed by atoms with Gasteiger partial charge in [-0.25, -0.2) is 15.0 Å². The summed E-state index contributed by atoms with van der Waals surface area (Å²) in [6.07, 6.45) is 7.87. The zero-order chi connectivity index (χ0) is 21.2. The third-order valence-electron chi connectivity index (χ3n) is 5.57. The van der Waals surface area contributed by atoms with Crippen molar-refractivity contribution in [3.05, 3.63) is 71.7 Å². The second-order valence-electron chi connectivity index (χ2n) is 7.64. The van der Waals surface area contributed by atoms with Crippen LogP contribution in [0.2, 0.25) is 0 Å². The van der Waals surface area contributed by atoms with Crippen molar-refractivity contribution in [1.29, 1.82) is 0 Å². The fourth-order valence-electron chi connectivity index (χ4n) is 3.90. The molecule has 0 amide bonds. The Hall–Kier alpha value is -3.78. The number of aromatic nitrogens is 4. The zero-order valence-corrected chi connectivity index (χ0v) is 16.8. The first-order valence-corrected chi connectivity index (χ1v) is 10.3. The number of aliphatic hydroxyl groups is 1. The van der Waals surface area contributed by atoms with Crippen LogP contribution in [-0.2, 0) is 0 Å². The van der Waals surface area contributed by atoms with Gasteiger partial charge in [0, 0.05) is 48.6 Å². The third kappa shape index (κ3) is 3.97. The Morgan fingerprint density at radius 3 is 2.55 bits per heavy atom. The fourth-order valence-corrected chi connectivity index (χ4v) is 3.90. The van der Waals surface area contributed by atoms with Crippen molar-refractivity contribution in [3.8, 4) is 11.3 Å². The van der Waals surface area contributed by atoms with Gasteiger partial charge in [-0.1, -0.05) is 0 Å². The van der Waals surface area contributed by atoms with Crippen molar-refractivity contribution in [2.75, 3.05) is 23.3 Å². The molecule has 1 fully saturated rings. The number of aliphatic hydroxyl groups excluding tert-OH is 1. The number of anilines is 3. The molecule has 0 atom stereocenters. The summed E-state index contributed by atoms with van der Waals surface area (Å²) in [5.41, 5.74) is 3.20. The second kappa shape index (κ2) is 8.16. The lowest BCUT2D eigenvalue weighted by molar-refractivity contribution is 0.145. The average molecular weight is 414 g/mol. The van der Waals surface area contributed by atoms with E-state index < -0.39 is 0 Å². The highest BCUT2D eigenvalue weighted by molar-refractivity contribution is 5.95. The van der Waals surface area contributed by atoms with E-state index in [2.05, 4.69) is 25.2 Å². The van der Waals surface area contributed by atoms with Crippen molar-refractivity contribution in [1.82, 2.24) is 19.9 Å². The van der Waals surface area contributed by atoms with Gasteiger partial charge in [0.15, 0.2) is 0 Å². The number of fused-ring (bicyclic) bond motifs is 1. The molecule has 31 heavy (non-hydrogen) atoms. The van der Waals surface area contributed by atoms with Gasteiger partial charge in [0.1, 0.15) is 12.1 Å². The zero-order valence-electron chi connectivity index (χ0n) is 16.8. The first-order valence-electron chi connectivity index (χ1n) is 10.3. The lowest BCUT2D eigenvalue weighted by Crippen LogP contribution is -2.35. The minimum absolute atomic E-state index is 0.197. The minimum atomic E-state index is -0.202. The molecular weight excluding hydrogens is 392 g/mol. The molecule has 156 valence electrons. The molecule has 0 aliphatic carbocycles. The van der Waals surface area contributed by atoms with Crippen molar-refractivity contribution in [2.24, 2.45) is 0 Å². The lowest BCUT2D eigenvalue weighted by Gasteiger charge is -2.31. The van der Waals surface area contributed by atoms with Crippen LogP contribution in [-0.4, -0.2) is 44.2 Å². The molecule has 8 heteroatoms. The molecule has 0 spiro atoms. The first-order chi connectivity index (χ1) is 15.2. The van der Waals surface area contributed by atoms with Gasteiger partial charge < -0.3 is 20.3 Å². The van der Waals surface area contributed by atoms with Gasteiger partial charge in [-0.15, -0.1) is 0 Å². The Labute approximate surface area is 178 Å². The van der Waals surface area contributed by atoms with E-state index in [1.807, 2.05) is 36.4 Å². The molecule has 0 unspecified atom stereocenters. The van der Waals surface area contributed by atoms with E-state index in [-0.39, 0.29) is 11.7 Å². The Morgan fingerprint density at radius 1 is 1.06 bits per heavy atom.